The van der Waals surface area contributed by atoms with E-state index in [2.05, 4.69) is 15.5 Å². The van der Waals surface area contributed by atoms with E-state index in [1.165, 1.54) is 0 Å². The van der Waals surface area contributed by atoms with Gasteiger partial charge in [0.2, 0.25) is 5.89 Å². The monoisotopic (exact) mass is 267 g/mol. The van der Waals surface area contributed by atoms with Crippen LogP contribution in [0.3, 0.4) is 0 Å². The standard InChI is InChI=1S/C12H14ClN3O2/c1-8(13)11-15-16-12(18-11)14-7-6-9-2-4-10(17)5-3-9/h2-5,8,17H,6-7H2,1H3,(H,14,16). The maximum absolute atomic E-state index is 9.15. The van der Waals surface area contributed by atoms with Gasteiger partial charge in [-0.1, -0.05) is 17.2 Å². The first-order chi connectivity index (χ1) is 8.65. The van der Waals surface area contributed by atoms with E-state index in [-0.39, 0.29) is 11.1 Å². The number of halogens is 1. The van der Waals surface area contributed by atoms with Crippen molar-refractivity contribution in [3.05, 3.63) is 35.7 Å². The average Bonchev–Trinajstić information content (AvgIpc) is 2.81. The van der Waals surface area contributed by atoms with Gasteiger partial charge in [0.1, 0.15) is 11.1 Å². The minimum Gasteiger partial charge on any atom is -0.508 e. The second-order valence-corrected chi connectivity index (χ2v) is 4.56. The van der Waals surface area contributed by atoms with E-state index in [0.29, 0.717) is 18.5 Å². The Hall–Kier alpha value is -1.75. The average molecular weight is 268 g/mol. The maximum atomic E-state index is 9.15. The molecule has 0 spiro atoms. The van der Waals surface area contributed by atoms with E-state index < -0.39 is 0 Å². The Morgan fingerprint density at radius 1 is 1.33 bits per heavy atom. The van der Waals surface area contributed by atoms with Gasteiger partial charge in [0.05, 0.1) is 0 Å². The summed E-state index contributed by atoms with van der Waals surface area (Å²) in [6.07, 6.45) is 0.800. The second-order valence-electron chi connectivity index (χ2n) is 3.90. The third kappa shape index (κ3) is 3.37. The van der Waals surface area contributed by atoms with Crippen molar-refractivity contribution in [2.24, 2.45) is 0 Å². The van der Waals surface area contributed by atoms with Crippen LogP contribution in [-0.4, -0.2) is 21.8 Å². The van der Waals surface area contributed by atoms with E-state index >= 15 is 0 Å². The third-order valence-electron chi connectivity index (χ3n) is 2.41. The third-order valence-corrected chi connectivity index (χ3v) is 2.59. The molecule has 0 bridgehead atoms. The van der Waals surface area contributed by atoms with Crippen LogP contribution in [0, 0.1) is 0 Å². The number of alkyl halides is 1. The number of anilines is 1. The molecule has 0 fully saturated rings. The van der Waals surface area contributed by atoms with Crippen LogP contribution >= 0.6 is 11.6 Å². The molecular formula is C12H14ClN3O2. The number of rotatable bonds is 5. The number of aromatic hydroxyl groups is 1. The smallest absolute Gasteiger partial charge is 0.315 e. The van der Waals surface area contributed by atoms with Crippen LogP contribution in [0.5, 0.6) is 5.75 Å². The fourth-order valence-electron chi connectivity index (χ4n) is 1.44. The predicted octanol–water partition coefficient (Wildman–Crippen LogP) is 2.73. The summed E-state index contributed by atoms with van der Waals surface area (Å²) in [6, 6.07) is 7.44. The number of nitrogens with one attached hydrogen (secondary N) is 1. The zero-order chi connectivity index (χ0) is 13.0. The summed E-state index contributed by atoms with van der Waals surface area (Å²) in [7, 11) is 0. The number of phenols is 1. The fraction of sp³-hybridized carbons (Fsp3) is 0.333. The van der Waals surface area contributed by atoms with Gasteiger partial charge in [-0.05, 0) is 31.0 Å². The summed E-state index contributed by atoms with van der Waals surface area (Å²) in [5.74, 6) is 0.674. The lowest BCUT2D eigenvalue weighted by Crippen LogP contribution is -2.04. The molecule has 1 aromatic heterocycles. The molecule has 2 N–H and O–H groups in total. The first-order valence-electron chi connectivity index (χ1n) is 5.64. The van der Waals surface area contributed by atoms with E-state index in [0.717, 1.165) is 12.0 Å². The molecule has 1 heterocycles. The molecule has 1 atom stereocenters. The Labute approximate surface area is 110 Å². The van der Waals surface area contributed by atoms with Crippen molar-refractivity contribution in [1.29, 1.82) is 0 Å². The van der Waals surface area contributed by atoms with Gasteiger partial charge in [0.15, 0.2) is 0 Å². The Balaban J connectivity index is 1.82. The van der Waals surface area contributed by atoms with Crippen molar-refractivity contribution < 1.29 is 9.52 Å². The SMILES string of the molecule is CC(Cl)c1nnc(NCCc2ccc(O)cc2)o1. The molecule has 0 aliphatic rings. The zero-order valence-corrected chi connectivity index (χ0v) is 10.7. The van der Waals surface area contributed by atoms with Crippen LogP contribution in [0.4, 0.5) is 6.01 Å². The van der Waals surface area contributed by atoms with Crippen LogP contribution in [0.1, 0.15) is 23.8 Å². The molecule has 0 radical (unpaired) electrons. The number of phenolic OH excluding ortho intramolecular Hbond substituents is 1. The summed E-state index contributed by atoms with van der Waals surface area (Å²) >= 11 is 5.81. The molecule has 2 rings (SSSR count). The van der Waals surface area contributed by atoms with Gasteiger partial charge in [-0.3, -0.25) is 0 Å². The molecule has 1 aromatic carbocycles. The lowest BCUT2D eigenvalue weighted by molar-refractivity contribution is 0.475. The first kappa shape index (κ1) is 12.7. The highest BCUT2D eigenvalue weighted by Gasteiger charge is 2.10. The van der Waals surface area contributed by atoms with Gasteiger partial charge in [-0.25, -0.2) is 0 Å². The summed E-state index contributed by atoms with van der Waals surface area (Å²) in [6.45, 7) is 2.44. The van der Waals surface area contributed by atoms with Crippen LogP contribution < -0.4 is 5.32 Å². The molecule has 6 heteroatoms. The molecule has 0 aliphatic carbocycles. The van der Waals surface area contributed by atoms with Crippen molar-refractivity contribution >= 4 is 17.6 Å². The Morgan fingerprint density at radius 3 is 2.67 bits per heavy atom. The summed E-state index contributed by atoms with van der Waals surface area (Å²) in [5.41, 5.74) is 1.12. The highest BCUT2D eigenvalue weighted by Crippen LogP contribution is 2.19. The van der Waals surface area contributed by atoms with Crippen LogP contribution in [-0.2, 0) is 6.42 Å². The quantitative estimate of drug-likeness (QED) is 0.815. The van der Waals surface area contributed by atoms with Crippen LogP contribution in [0.2, 0.25) is 0 Å². The highest BCUT2D eigenvalue weighted by atomic mass is 35.5. The molecule has 96 valence electrons. The highest BCUT2D eigenvalue weighted by molar-refractivity contribution is 6.20. The van der Waals surface area contributed by atoms with Gasteiger partial charge in [0, 0.05) is 6.54 Å². The van der Waals surface area contributed by atoms with Gasteiger partial charge in [-0.15, -0.1) is 16.7 Å². The minimum atomic E-state index is -0.287. The van der Waals surface area contributed by atoms with Crippen molar-refractivity contribution in [2.45, 2.75) is 18.7 Å². The van der Waals surface area contributed by atoms with Crippen LogP contribution in [0.15, 0.2) is 28.7 Å². The molecule has 2 aromatic rings. The van der Waals surface area contributed by atoms with E-state index in [4.69, 9.17) is 21.1 Å². The number of hydrogen-bond acceptors (Lipinski definition) is 5. The largest absolute Gasteiger partial charge is 0.508 e. The molecule has 0 saturated heterocycles. The Bertz CT molecular complexity index is 496. The number of benzene rings is 1. The van der Waals surface area contributed by atoms with Crippen molar-refractivity contribution in [2.75, 3.05) is 11.9 Å². The van der Waals surface area contributed by atoms with Gasteiger partial charge in [-0.2, -0.15) is 0 Å². The molecule has 0 saturated carbocycles. The normalized spacial score (nSPS) is 12.3. The number of hydrogen-bond donors (Lipinski definition) is 2. The van der Waals surface area contributed by atoms with E-state index in [1.54, 1.807) is 19.1 Å². The minimum absolute atomic E-state index is 0.268. The lowest BCUT2D eigenvalue weighted by Gasteiger charge is -2.02. The van der Waals surface area contributed by atoms with E-state index in [1.807, 2.05) is 12.1 Å². The van der Waals surface area contributed by atoms with Crippen molar-refractivity contribution in [1.82, 2.24) is 10.2 Å². The summed E-state index contributed by atoms with van der Waals surface area (Å²) < 4.78 is 5.30. The van der Waals surface area contributed by atoms with Gasteiger partial charge < -0.3 is 14.8 Å². The van der Waals surface area contributed by atoms with Crippen molar-refractivity contribution in [3.63, 3.8) is 0 Å². The number of aromatic nitrogens is 2. The van der Waals surface area contributed by atoms with Gasteiger partial charge >= 0.3 is 6.01 Å². The fourth-order valence-corrected chi connectivity index (χ4v) is 1.53. The topological polar surface area (TPSA) is 71.2 Å². The first-order valence-corrected chi connectivity index (χ1v) is 6.08. The number of nitrogens with zero attached hydrogens (tertiary/aromatic N) is 2. The molecule has 18 heavy (non-hydrogen) atoms. The zero-order valence-electron chi connectivity index (χ0n) is 9.93. The maximum Gasteiger partial charge on any atom is 0.315 e. The Kier molecular flexibility index (Phi) is 4.04. The predicted molar refractivity (Wildman–Crippen MR) is 68.9 cm³/mol. The molecular weight excluding hydrogens is 254 g/mol. The molecule has 5 nitrogen and oxygen atoms in total. The van der Waals surface area contributed by atoms with Crippen LogP contribution in [0.25, 0.3) is 0 Å². The van der Waals surface area contributed by atoms with E-state index in [9.17, 15) is 0 Å². The summed E-state index contributed by atoms with van der Waals surface area (Å²) in [4.78, 5) is 0. The van der Waals surface area contributed by atoms with Gasteiger partial charge in [0.25, 0.3) is 0 Å². The van der Waals surface area contributed by atoms with Crippen molar-refractivity contribution in [3.8, 4) is 5.75 Å². The molecule has 0 aliphatic heterocycles. The molecule has 1 unspecified atom stereocenters. The Morgan fingerprint density at radius 2 is 2.06 bits per heavy atom. The second kappa shape index (κ2) is 5.73. The lowest BCUT2D eigenvalue weighted by atomic mass is 10.1. The molecule has 0 amide bonds. The summed E-state index contributed by atoms with van der Waals surface area (Å²) in [5, 5.41) is 19.5.